The summed E-state index contributed by atoms with van der Waals surface area (Å²) in [5.41, 5.74) is 8.00. The van der Waals surface area contributed by atoms with E-state index in [-0.39, 0.29) is 5.92 Å². The van der Waals surface area contributed by atoms with Crippen LogP contribution in [0.15, 0.2) is 178 Å². The SMILES string of the molecule is C=CC(=C\C=C(/C)n1c2cc3ccccc3cc2c2c3ccccc3c3c4ccc5ccccc5c4oc3c21)/C(CC(/C=C\C)C/N=C/C)=N/c1sc2ccccc2c1NC. The van der Waals surface area contributed by atoms with Crippen molar-refractivity contribution >= 4 is 126 Å². The molecular formula is C55H46N4OS. The Labute approximate surface area is 359 Å². The number of rotatable bonds is 11. The maximum absolute atomic E-state index is 7.18. The van der Waals surface area contributed by atoms with Crippen LogP contribution in [0.4, 0.5) is 10.7 Å². The fourth-order valence-electron chi connectivity index (χ4n) is 9.23. The van der Waals surface area contributed by atoms with Crippen LogP contribution in [0.5, 0.6) is 0 Å². The van der Waals surface area contributed by atoms with Gasteiger partial charge < -0.3 is 14.3 Å². The molecule has 0 radical (unpaired) electrons. The molecule has 61 heavy (non-hydrogen) atoms. The van der Waals surface area contributed by atoms with E-state index >= 15 is 0 Å². The number of allylic oxidation sites excluding steroid dienone is 6. The highest BCUT2D eigenvalue weighted by molar-refractivity contribution is 7.23. The molecule has 7 aromatic carbocycles. The molecule has 1 N–H and O–H groups in total. The van der Waals surface area contributed by atoms with E-state index in [1.807, 2.05) is 26.3 Å². The molecule has 0 aliphatic heterocycles. The number of furan rings is 1. The number of aliphatic imine (C=N–C) groups is 2. The number of anilines is 1. The number of benzene rings is 7. The lowest BCUT2D eigenvalue weighted by Gasteiger charge is -2.14. The molecule has 6 heteroatoms. The molecule has 0 saturated heterocycles. The van der Waals surface area contributed by atoms with E-state index in [0.717, 1.165) is 71.4 Å². The van der Waals surface area contributed by atoms with Gasteiger partial charge in [0.05, 0.1) is 16.7 Å². The molecule has 0 bridgehead atoms. The lowest BCUT2D eigenvalue weighted by molar-refractivity contribution is 0.675. The van der Waals surface area contributed by atoms with E-state index in [1.54, 1.807) is 11.3 Å². The number of thiophene rings is 1. The Morgan fingerprint density at radius 1 is 0.754 bits per heavy atom. The lowest BCUT2D eigenvalue weighted by atomic mass is 9.96. The van der Waals surface area contributed by atoms with Crippen molar-refractivity contribution in [3.05, 3.63) is 164 Å². The van der Waals surface area contributed by atoms with Crippen LogP contribution in [-0.4, -0.2) is 30.1 Å². The first kappa shape index (κ1) is 38.2. The summed E-state index contributed by atoms with van der Waals surface area (Å²) in [6, 6.07) is 43.6. The molecule has 3 heterocycles. The van der Waals surface area contributed by atoms with E-state index in [1.165, 1.54) is 42.4 Å². The fraction of sp³-hybridized carbons (Fsp3) is 0.127. The Morgan fingerprint density at radius 2 is 1.44 bits per heavy atom. The zero-order valence-electron chi connectivity index (χ0n) is 34.9. The number of nitrogens with zero attached hydrogens (tertiary/aromatic N) is 3. The smallest absolute Gasteiger partial charge is 0.160 e. The zero-order chi connectivity index (χ0) is 41.6. The van der Waals surface area contributed by atoms with Gasteiger partial charge >= 0.3 is 0 Å². The average molecular weight is 811 g/mol. The van der Waals surface area contributed by atoms with Crippen LogP contribution in [0.3, 0.4) is 0 Å². The summed E-state index contributed by atoms with van der Waals surface area (Å²) in [6.45, 7) is 11.3. The number of fused-ring (bicyclic) bond motifs is 14. The van der Waals surface area contributed by atoms with Crippen LogP contribution in [0.25, 0.3) is 91.8 Å². The summed E-state index contributed by atoms with van der Waals surface area (Å²) in [7, 11) is 1.97. The standard InChI is InChI=1S/C55H46N4OS/c1-6-17-35(33-57-8-3)30-46(58-55-51(56-5)43-24-15-16-25-48(43)61-55)36(7-2)27-26-34(4)59-47-32-39-20-10-9-19-38(39)31-45(47)49-41-22-13-14-23-42(41)50-44-29-28-37-18-11-12-21-40(37)53(44)60-54(50)52(49)59/h6-29,31-32,35,56H,2,30,33H2,1,3-5H3/b17-6-,34-26+,36-27+,57-8+,58-46+. The van der Waals surface area contributed by atoms with Crippen molar-refractivity contribution < 1.29 is 4.42 Å². The summed E-state index contributed by atoms with van der Waals surface area (Å²) < 4.78 is 10.8. The van der Waals surface area contributed by atoms with Crippen molar-refractivity contribution in [3.8, 4) is 0 Å². The second-order valence-corrected chi connectivity index (χ2v) is 16.7. The minimum atomic E-state index is 0.164. The quantitative estimate of drug-likeness (QED) is 0.0804. The van der Waals surface area contributed by atoms with Crippen LogP contribution >= 0.6 is 11.3 Å². The Bertz CT molecular complexity index is 3530. The van der Waals surface area contributed by atoms with Gasteiger partial charge in [-0.25, -0.2) is 4.99 Å². The molecule has 10 aromatic rings. The van der Waals surface area contributed by atoms with E-state index < -0.39 is 0 Å². The third kappa shape index (κ3) is 6.46. The van der Waals surface area contributed by atoms with Crippen LogP contribution in [-0.2, 0) is 0 Å². The van der Waals surface area contributed by atoms with Crippen LogP contribution in [0.1, 0.15) is 27.2 Å². The van der Waals surface area contributed by atoms with Gasteiger partial charge in [-0.05, 0) is 96.3 Å². The van der Waals surface area contributed by atoms with E-state index in [9.17, 15) is 0 Å². The maximum Gasteiger partial charge on any atom is 0.160 e. The van der Waals surface area contributed by atoms with Crippen molar-refractivity contribution in [3.63, 3.8) is 0 Å². The summed E-state index contributed by atoms with van der Waals surface area (Å²) in [4.78, 5) is 10.1. The van der Waals surface area contributed by atoms with Gasteiger partial charge in [0, 0.05) is 67.9 Å². The van der Waals surface area contributed by atoms with Gasteiger partial charge in [-0.1, -0.05) is 128 Å². The molecule has 0 aliphatic carbocycles. The van der Waals surface area contributed by atoms with E-state index in [2.05, 4.69) is 181 Å². The average Bonchev–Trinajstić information content (AvgIpc) is 3.97. The molecular weight excluding hydrogens is 765 g/mol. The van der Waals surface area contributed by atoms with Gasteiger partial charge in [0.15, 0.2) is 5.58 Å². The van der Waals surface area contributed by atoms with Gasteiger partial charge in [0.1, 0.15) is 10.6 Å². The molecule has 3 aromatic heterocycles. The topological polar surface area (TPSA) is 54.8 Å². The minimum Gasteiger partial charge on any atom is -0.453 e. The summed E-state index contributed by atoms with van der Waals surface area (Å²) in [5.74, 6) is 0.164. The largest absolute Gasteiger partial charge is 0.453 e. The minimum absolute atomic E-state index is 0.164. The molecule has 0 saturated carbocycles. The van der Waals surface area contributed by atoms with Crippen molar-refractivity contribution in [2.75, 3.05) is 18.9 Å². The highest BCUT2D eigenvalue weighted by atomic mass is 32.1. The number of hydrogen-bond acceptors (Lipinski definition) is 5. The number of aromatic nitrogens is 1. The highest BCUT2D eigenvalue weighted by Gasteiger charge is 2.24. The molecule has 10 rings (SSSR count). The normalized spacial score (nSPS) is 13.9. The Morgan fingerprint density at radius 3 is 2.18 bits per heavy atom. The van der Waals surface area contributed by atoms with Gasteiger partial charge in [0.25, 0.3) is 0 Å². The van der Waals surface area contributed by atoms with E-state index in [0.29, 0.717) is 13.0 Å². The molecule has 1 unspecified atom stereocenters. The lowest BCUT2D eigenvalue weighted by Crippen LogP contribution is -2.11. The predicted octanol–water partition coefficient (Wildman–Crippen LogP) is 15.8. The number of hydrogen-bond donors (Lipinski definition) is 1. The molecule has 0 amide bonds. The van der Waals surface area contributed by atoms with Gasteiger partial charge in [-0.15, -0.1) is 11.3 Å². The second-order valence-electron chi connectivity index (χ2n) is 15.6. The molecule has 1 atom stereocenters. The van der Waals surface area contributed by atoms with Crippen molar-refractivity contribution in [1.82, 2.24) is 4.57 Å². The first-order valence-corrected chi connectivity index (χ1v) is 21.8. The van der Waals surface area contributed by atoms with Gasteiger partial charge in [-0.2, -0.15) is 0 Å². The molecule has 0 spiro atoms. The fourth-order valence-corrected chi connectivity index (χ4v) is 10.3. The second kappa shape index (κ2) is 15.9. The molecule has 5 nitrogen and oxygen atoms in total. The first-order chi connectivity index (χ1) is 30.0. The first-order valence-electron chi connectivity index (χ1n) is 21.0. The molecule has 0 aliphatic rings. The zero-order valence-corrected chi connectivity index (χ0v) is 35.7. The van der Waals surface area contributed by atoms with Crippen LogP contribution in [0.2, 0.25) is 0 Å². The summed E-state index contributed by atoms with van der Waals surface area (Å²) in [6.07, 6.45) is 13.3. The monoisotopic (exact) mass is 810 g/mol. The van der Waals surface area contributed by atoms with Gasteiger partial charge in [0.2, 0.25) is 0 Å². The molecule has 298 valence electrons. The predicted molar refractivity (Wildman–Crippen MR) is 268 cm³/mol. The molecule has 0 fully saturated rings. The third-order valence-electron chi connectivity index (χ3n) is 12.0. The summed E-state index contributed by atoms with van der Waals surface area (Å²) in [5, 5.41) is 17.3. The van der Waals surface area contributed by atoms with Crippen molar-refractivity contribution in [1.29, 1.82) is 0 Å². The van der Waals surface area contributed by atoms with Crippen molar-refractivity contribution in [2.24, 2.45) is 15.9 Å². The van der Waals surface area contributed by atoms with Crippen molar-refractivity contribution in [2.45, 2.75) is 27.2 Å². The highest BCUT2D eigenvalue weighted by Crippen LogP contribution is 2.48. The Kier molecular flexibility index (Phi) is 9.94. The Balaban J connectivity index is 1.25. The van der Waals surface area contributed by atoms with Gasteiger partial charge in [-0.3, -0.25) is 4.99 Å². The van der Waals surface area contributed by atoms with Crippen LogP contribution in [0, 0.1) is 5.92 Å². The number of nitrogens with one attached hydrogen (secondary N) is 1. The van der Waals surface area contributed by atoms with Crippen LogP contribution < -0.4 is 5.32 Å². The Hall–Kier alpha value is -7.02. The third-order valence-corrected chi connectivity index (χ3v) is 13.1. The maximum atomic E-state index is 7.18. The summed E-state index contributed by atoms with van der Waals surface area (Å²) >= 11 is 1.70. The van der Waals surface area contributed by atoms with E-state index in [4.69, 9.17) is 9.41 Å².